The van der Waals surface area contributed by atoms with Crippen LogP contribution < -0.4 is 15.5 Å². The number of hydrogen-bond donors (Lipinski definition) is 2. The van der Waals surface area contributed by atoms with E-state index in [0.717, 1.165) is 41.3 Å². The minimum Gasteiger partial charge on any atom is -0.378 e. The molecule has 0 saturated carbocycles. The van der Waals surface area contributed by atoms with Crippen molar-refractivity contribution in [3.8, 4) is 0 Å². The summed E-state index contributed by atoms with van der Waals surface area (Å²) in [5, 5.41) is 6.05. The van der Waals surface area contributed by atoms with Gasteiger partial charge in [-0.2, -0.15) is 0 Å². The van der Waals surface area contributed by atoms with Crippen LogP contribution in [0.3, 0.4) is 0 Å². The largest absolute Gasteiger partial charge is 0.378 e. The summed E-state index contributed by atoms with van der Waals surface area (Å²) in [7, 11) is 0. The number of hydrogen-bond acceptors (Lipinski definition) is 6. The van der Waals surface area contributed by atoms with Crippen LogP contribution in [0.25, 0.3) is 0 Å². The first-order valence-corrected chi connectivity index (χ1v) is 11.9. The summed E-state index contributed by atoms with van der Waals surface area (Å²) in [5.74, 6) is 0.879. The van der Waals surface area contributed by atoms with Crippen LogP contribution in [0, 0.1) is 13.8 Å². The fourth-order valence-electron chi connectivity index (χ4n) is 4.30. The number of benzene rings is 1. The number of carbonyl (C=O) groups is 2. The van der Waals surface area contributed by atoms with Gasteiger partial charge in [-0.25, -0.2) is 9.78 Å². The number of nitrogens with one attached hydrogen (secondary N) is 2. The lowest BCUT2D eigenvalue weighted by molar-refractivity contribution is -0.117. The van der Waals surface area contributed by atoms with E-state index in [2.05, 4.69) is 25.4 Å². The molecule has 0 aliphatic carbocycles. The predicted molar refractivity (Wildman–Crippen MR) is 132 cm³/mol. The van der Waals surface area contributed by atoms with E-state index < -0.39 is 0 Å². The van der Waals surface area contributed by atoms with E-state index in [0.29, 0.717) is 52.5 Å². The number of urea groups is 1. The number of rotatable bonds is 6. The number of amides is 3. The van der Waals surface area contributed by atoms with Gasteiger partial charge in [-0.15, -0.1) is 0 Å². The molecule has 2 aliphatic rings. The van der Waals surface area contributed by atoms with Gasteiger partial charge in [0.25, 0.3) is 0 Å². The van der Waals surface area contributed by atoms with Gasteiger partial charge in [-0.05, 0) is 37.1 Å². The predicted octanol–water partition coefficient (Wildman–Crippen LogP) is 2.00. The van der Waals surface area contributed by atoms with Crippen molar-refractivity contribution in [1.82, 2.24) is 20.1 Å². The van der Waals surface area contributed by atoms with Crippen molar-refractivity contribution in [2.75, 3.05) is 69.2 Å². The molecule has 2 aliphatic heterocycles. The SMILES string of the molecule is Cc1cccc(NC(=O)CN2CCN(C(=O)NCc3cccnc3N3CCOCC3)CC2)c1C. The van der Waals surface area contributed by atoms with Crippen LogP contribution in [0.2, 0.25) is 0 Å². The Bertz CT molecular complexity index is 1000. The molecule has 182 valence electrons. The molecule has 0 unspecified atom stereocenters. The second kappa shape index (κ2) is 11.3. The summed E-state index contributed by atoms with van der Waals surface area (Å²) in [6.07, 6.45) is 1.78. The van der Waals surface area contributed by atoms with Gasteiger partial charge in [0.2, 0.25) is 5.91 Å². The minimum absolute atomic E-state index is 0.0289. The van der Waals surface area contributed by atoms with Gasteiger partial charge in [0.1, 0.15) is 5.82 Å². The van der Waals surface area contributed by atoms with Gasteiger partial charge >= 0.3 is 6.03 Å². The third-order valence-corrected chi connectivity index (χ3v) is 6.51. The number of morpholine rings is 1. The first kappa shape index (κ1) is 24.0. The standard InChI is InChI=1S/C25H34N6O3/c1-19-5-3-7-22(20(19)2)28-23(32)18-29-9-11-31(12-10-29)25(33)27-17-21-6-4-8-26-24(21)30-13-15-34-16-14-30/h3-8H,9-18H2,1-2H3,(H,27,33)(H,28,32). The first-order chi connectivity index (χ1) is 16.5. The van der Waals surface area contributed by atoms with Crippen LogP contribution in [0.5, 0.6) is 0 Å². The second-order valence-electron chi connectivity index (χ2n) is 8.80. The molecule has 1 aromatic carbocycles. The van der Waals surface area contributed by atoms with Crippen LogP contribution in [-0.4, -0.2) is 85.7 Å². The molecule has 9 nitrogen and oxygen atoms in total. The van der Waals surface area contributed by atoms with Crippen molar-refractivity contribution < 1.29 is 14.3 Å². The lowest BCUT2D eigenvalue weighted by atomic mass is 10.1. The average molecular weight is 467 g/mol. The summed E-state index contributed by atoms with van der Waals surface area (Å²) < 4.78 is 5.44. The van der Waals surface area contributed by atoms with Crippen LogP contribution >= 0.6 is 0 Å². The smallest absolute Gasteiger partial charge is 0.317 e. The molecule has 2 fully saturated rings. The molecule has 0 bridgehead atoms. The Hall–Kier alpha value is -3.17. The van der Waals surface area contributed by atoms with E-state index in [1.54, 1.807) is 6.20 Å². The molecule has 2 saturated heterocycles. The van der Waals surface area contributed by atoms with Crippen LogP contribution in [-0.2, 0) is 16.1 Å². The molecular weight excluding hydrogens is 432 g/mol. The molecule has 0 spiro atoms. The Balaban J connectivity index is 1.23. The van der Waals surface area contributed by atoms with Crippen molar-refractivity contribution in [3.63, 3.8) is 0 Å². The molecule has 4 rings (SSSR count). The second-order valence-corrected chi connectivity index (χ2v) is 8.80. The molecule has 0 radical (unpaired) electrons. The number of piperazine rings is 1. The van der Waals surface area contributed by atoms with Gasteiger partial charge in [-0.3, -0.25) is 9.69 Å². The van der Waals surface area contributed by atoms with Gasteiger partial charge in [0.15, 0.2) is 0 Å². The molecular formula is C25H34N6O3. The third-order valence-electron chi connectivity index (χ3n) is 6.51. The van der Waals surface area contributed by atoms with Crippen LogP contribution in [0.15, 0.2) is 36.5 Å². The maximum absolute atomic E-state index is 12.8. The zero-order valence-electron chi connectivity index (χ0n) is 20.0. The maximum atomic E-state index is 12.8. The number of pyridine rings is 1. The summed E-state index contributed by atoms with van der Waals surface area (Å²) in [6, 6.07) is 9.72. The fourth-order valence-corrected chi connectivity index (χ4v) is 4.30. The number of aryl methyl sites for hydroxylation is 1. The topological polar surface area (TPSA) is 90.0 Å². The highest BCUT2D eigenvalue weighted by Gasteiger charge is 2.23. The highest BCUT2D eigenvalue weighted by atomic mass is 16.5. The van der Waals surface area contributed by atoms with Gasteiger partial charge in [-0.1, -0.05) is 18.2 Å². The van der Waals surface area contributed by atoms with Crippen molar-refractivity contribution >= 4 is 23.4 Å². The third kappa shape index (κ3) is 6.03. The van der Waals surface area contributed by atoms with Crippen molar-refractivity contribution in [2.24, 2.45) is 0 Å². The van der Waals surface area contributed by atoms with E-state index in [-0.39, 0.29) is 11.9 Å². The number of ether oxygens (including phenoxy) is 1. The normalized spacial score (nSPS) is 16.9. The van der Waals surface area contributed by atoms with E-state index in [9.17, 15) is 9.59 Å². The molecule has 0 atom stereocenters. The summed E-state index contributed by atoms with van der Waals surface area (Å²) in [6.45, 7) is 10.3. The van der Waals surface area contributed by atoms with E-state index >= 15 is 0 Å². The fraction of sp³-hybridized carbons (Fsp3) is 0.480. The highest BCUT2D eigenvalue weighted by molar-refractivity contribution is 5.93. The zero-order chi connectivity index (χ0) is 23.9. The Morgan fingerprint density at radius 3 is 2.53 bits per heavy atom. The lowest BCUT2D eigenvalue weighted by Crippen LogP contribution is -2.52. The Kier molecular flexibility index (Phi) is 7.97. The highest BCUT2D eigenvalue weighted by Crippen LogP contribution is 2.19. The molecule has 1 aromatic heterocycles. The Labute approximate surface area is 201 Å². The monoisotopic (exact) mass is 466 g/mol. The van der Waals surface area contributed by atoms with Crippen molar-refractivity contribution in [3.05, 3.63) is 53.2 Å². The van der Waals surface area contributed by atoms with E-state index in [1.807, 2.05) is 49.1 Å². The van der Waals surface area contributed by atoms with E-state index in [1.165, 1.54) is 0 Å². The molecule has 9 heteroatoms. The molecule has 3 heterocycles. The van der Waals surface area contributed by atoms with Gasteiger partial charge in [0, 0.05) is 63.3 Å². The maximum Gasteiger partial charge on any atom is 0.317 e. The summed E-state index contributed by atoms with van der Waals surface area (Å²) >= 11 is 0. The number of aromatic nitrogens is 1. The first-order valence-electron chi connectivity index (χ1n) is 11.9. The number of nitrogens with zero attached hydrogens (tertiary/aromatic N) is 4. The number of anilines is 2. The van der Waals surface area contributed by atoms with Gasteiger partial charge < -0.3 is 25.2 Å². The van der Waals surface area contributed by atoms with Crippen LogP contribution in [0.1, 0.15) is 16.7 Å². The van der Waals surface area contributed by atoms with E-state index in [4.69, 9.17) is 4.74 Å². The molecule has 2 N–H and O–H groups in total. The van der Waals surface area contributed by atoms with Crippen molar-refractivity contribution in [1.29, 1.82) is 0 Å². The molecule has 34 heavy (non-hydrogen) atoms. The Morgan fingerprint density at radius 1 is 1.00 bits per heavy atom. The molecule has 3 amide bonds. The van der Waals surface area contributed by atoms with Crippen molar-refractivity contribution in [2.45, 2.75) is 20.4 Å². The quantitative estimate of drug-likeness (QED) is 0.677. The van der Waals surface area contributed by atoms with Crippen LogP contribution in [0.4, 0.5) is 16.3 Å². The van der Waals surface area contributed by atoms with Gasteiger partial charge in [0.05, 0.1) is 19.8 Å². The Morgan fingerprint density at radius 2 is 1.76 bits per heavy atom. The minimum atomic E-state index is -0.0868. The summed E-state index contributed by atoms with van der Waals surface area (Å²) in [4.78, 5) is 35.9. The molecule has 2 aromatic rings. The zero-order valence-corrected chi connectivity index (χ0v) is 20.0. The number of carbonyl (C=O) groups excluding carboxylic acids is 2. The summed E-state index contributed by atoms with van der Waals surface area (Å²) in [5.41, 5.74) is 4.10. The average Bonchev–Trinajstić information content (AvgIpc) is 2.86. The lowest BCUT2D eigenvalue weighted by Gasteiger charge is -2.34.